The van der Waals surface area contributed by atoms with Crippen LogP contribution in [0, 0.1) is 29.1 Å². The van der Waals surface area contributed by atoms with E-state index in [2.05, 4.69) is 19.8 Å². The molecule has 174 valence electrons. The second-order valence-electron chi connectivity index (χ2n) is 11.1. The second kappa shape index (κ2) is 8.71. The first-order valence-corrected chi connectivity index (χ1v) is 14.0. The maximum atomic E-state index is 14.2. The molecular formula is C25H39NO4S. The van der Waals surface area contributed by atoms with E-state index in [0.717, 1.165) is 70.6 Å². The summed E-state index contributed by atoms with van der Waals surface area (Å²) < 4.78 is 36.1. The number of fused-ring (bicyclic) bond motifs is 2. The predicted molar refractivity (Wildman–Crippen MR) is 122 cm³/mol. The minimum absolute atomic E-state index is 0.0824. The van der Waals surface area contributed by atoms with Gasteiger partial charge in [-0.1, -0.05) is 52.4 Å². The van der Waals surface area contributed by atoms with Crippen LogP contribution in [0.2, 0.25) is 0 Å². The molecule has 2 bridgehead atoms. The number of hydrogen-bond acceptors (Lipinski definition) is 4. The molecule has 4 rings (SSSR count). The van der Waals surface area contributed by atoms with E-state index >= 15 is 0 Å². The molecule has 0 radical (unpaired) electrons. The largest absolute Gasteiger partial charge is 0.452 e. The molecule has 3 atom stereocenters. The molecular weight excluding hydrogens is 410 g/mol. The average molecular weight is 450 g/mol. The van der Waals surface area contributed by atoms with Gasteiger partial charge in [-0.3, -0.25) is 0 Å². The summed E-state index contributed by atoms with van der Waals surface area (Å²) in [5, 5.41) is 0. The Balaban J connectivity index is 1.66. The van der Waals surface area contributed by atoms with Gasteiger partial charge in [0, 0.05) is 23.4 Å². The number of hydrogen-bond donors (Lipinski definition) is 0. The molecule has 0 saturated heterocycles. The van der Waals surface area contributed by atoms with Gasteiger partial charge in [0.25, 0.3) is 0 Å². The minimum Gasteiger partial charge on any atom is -0.452 e. The minimum atomic E-state index is -3.51. The summed E-state index contributed by atoms with van der Waals surface area (Å²) in [5.74, 6) is 1.85. The van der Waals surface area contributed by atoms with Crippen molar-refractivity contribution in [2.75, 3.05) is 5.75 Å². The fraction of sp³-hybridized carbons (Fsp3) is 0.880. The predicted octanol–water partition coefficient (Wildman–Crippen LogP) is 4.65. The van der Waals surface area contributed by atoms with Gasteiger partial charge >= 0.3 is 5.97 Å². The van der Waals surface area contributed by atoms with Gasteiger partial charge in [-0.05, 0) is 56.3 Å². The van der Waals surface area contributed by atoms with Gasteiger partial charge < -0.3 is 4.74 Å². The zero-order valence-electron chi connectivity index (χ0n) is 19.3. The van der Waals surface area contributed by atoms with Crippen LogP contribution in [0.15, 0.2) is 0 Å². The first-order chi connectivity index (χ1) is 14.7. The topological polar surface area (TPSA) is 63.7 Å². The van der Waals surface area contributed by atoms with Gasteiger partial charge in [0.1, 0.15) is 6.10 Å². The van der Waals surface area contributed by atoms with Crippen LogP contribution < -0.4 is 0 Å². The molecule has 31 heavy (non-hydrogen) atoms. The van der Waals surface area contributed by atoms with Gasteiger partial charge in [0.15, 0.2) is 0 Å². The van der Waals surface area contributed by atoms with E-state index in [9.17, 15) is 13.2 Å². The van der Waals surface area contributed by atoms with Crippen LogP contribution in [0.3, 0.4) is 0 Å². The number of nitrogens with zero attached hydrogens (tertiary/aromatic N) is 1. The van der Waals surface area contributed by atoms with Crippen molar-refractivity contribution in [1.29, 1.82) is 0 Å². The quantitative estimate of drug-likeness (QED) is 0.336. The summed E-state index contributed by atoms with van der Waals surface area (Å²) in [6.45, 7) is 4.35. The maximum Gasteiger partial charge on any atom is 0.384 e. The molecule has 4 aliphatic carbocycles. The molecule has 0 aromatic heterocycles. The number of ether oxygens (including phenoxy) is 1. The van der Waals surface area contributed by atoms with Crippen molar-refractivity contribution >= 4 is 16.0 Å². The third-order valence-corrected chi connectivity index (χ3v) is 11.5. The zero-order chi connectivity index (χ0) is 22.3. The van der Waals surface area contributed by atoms with Gasteiger partial charge in [0.2, 0.25) is 10.0 Å². The van der Waals surface area contributed by atoms with Crippen LogP contribution >= 0.6 is 0 Å². The molecule has 0 aromatic carbocycles. The number of rotatable bonds is 6. The lowest BCUT2D eigenvalue weighted by Crippen LogP contribution is -2.54. The van der Waals surface area contributed by atoms with Gasteiger partial charge in [-0.25, -0.2) is 13.2 Å². The Labute approximate surface area is 188 Å². The van der Waals surface area contributed by atoms with E-state index in [1.165, 1.54) is 12.8 Å². The molecule has 0 heterocycles. The molecule has 0 unspecified atom stereocenters. The third kappa shape index (κ3) is 4.06. The summed E-state index contributed by atoms with van der Waals surface area (Å²) in [6, 6.07) is 0.262. The standard InChI is InChI=1S/C25H39NO4S/c1-4-23(27)30-22-17-19-15-16-25(22,24(19,2)3)18-31(28,29)26(20-11-7-5-8-12-20)21-13-9-6-10-14-21/h1,19-22H,5-18H2,2-3H3/t19-,22-,25-/m0/s1. The van der Waals surface area contributed by atoms with Crippen molar-refractivity contribution in [3.05, 3.63) is 0 Å². The van der Waals surface area contributed by atoms with E-state index in [0.29, 0.717) is 5.92 Å². The Kier molecular flexibility index (Phi) is 6.49. The Morgan fingerprint density at radius 3 is 2.03 bits per heavy atom. The molecule has 0 N–H and O–H groups in total. The lowest BCUT2D eigenvalue weighted by atomic mass is 9.69. The Bertz CT molecular complexity index is 799. The normalized spacial score (nSPS) is 34.0. The van der Waals surface area contributed by atoms with Crippen LogP contribution in [-0.4, -0.2) is 42.6 Å². The van der Waals surface area contributed by atoms with Crippen LogP contribution in [0.25, 0.3) is 0 Å². The molecule has 0 aromatic rings. The number of carbonyl (C=O) groups excluding carboxylic acids is 1. The first kappa shape index (κ1) is 23.1. The van der Waals surface area contributed by atoms with Gasteiger partial charge in [0.05, 0.1) is 5.75 Å². The van der Waals surface area contributed by atoms with E-state index < -0.39 is 27.5 Å². The highest BCUT2D eigenvalue weighted by Crippen LogP contribution is 2.67. The second-order valence-corrected chi connectivity index (χ2v) is 12.9. The molecule has 0 aliphatic heterocycles. The number of esters is 1. The van der Waals surface area contributed by atoms with Crippen molar-refractivity contribution in [2.24, 2.45) is 16.7 Å². The van der Waals surface area contributed by atoms with E-state index in [-0.39, 0.29) is 23.3 Å². The number of carbonyl (C=O) groups is 1. The Morgan fingerprint density at radius 1 is 1.00 bits per heavy atom. The summed E-state index contributed by atoms with van der Waals surface area (Å²) in [7, 11) is -3.51. The fourth-order valence-electron chi connectivity index (χ4n) is 7.49. The van der Waals surface area contributed by atoms with Crippen LogP contribution in [0.5, 0.6) is 0 Å². The lowest BCUT2D eigenvalue weighted by molar-refractivity contribution is -0.149. The molecule has 0 amide bonds. The molecule has 0 spiro atoms. The van der Waals surface area contributed by atoms with E-state index in [1.54, 1.807) is 0 Å². The summed E-state index contributed by atoms with van der Waals surface area (Å²) >= 11 is 0. The van der Waals surface area contributed by atoms with Crippen molar-refractivity contribution < 1.29 is 17.9 Å². The highest BCUT2D eigenvalue weighted by atomic mass is 32.2. The lowest BCUT2D eigenvalue weighted by Gasteiger charge is -2.46. The maximum absolute atomic E-state index is 14.2. The highest BCUT2D eigenvalue weighted by Gasteiger charge is 2.67. The first-order valence-electron chi connectivity index (χ1n) is 12.4. The van der Waals surface area contributed by atoms with Crippen molar-refractivity contribution in [3.63, 3.8) is 0 Å². The number of terminal acetylenes is 1. The summed E-state index contributed by atoms with van der Waals surface area (Å²) in [5.41, 5.74) is -0.741. The highest BCUT2D eigenvalue weighted by molar-refractivity contribution is 7.89. The third-order valence-electron chi connectivity index (χ3n) is 9.36. The van der Waals surface area contributed by atoms with Gasteiger partial charge in [-0.15, -0.1) is 6.42 Å². The van der Waals surface area contributed by atoms with E-state index in [4.69, 9.17) is 11.2 Å². The molecule has 4 fully saturated rings. The fourth-order valence-corrected chi connectivity index (χ4v) is 10.3. The average Bonchev–Trinajstić information content (AvgIpc) is 3.09. The summed E-state index contributed by atoms with van der Waals surface area (Å²) in [6.07, 6.45) is 18.2. The Hall–Kier alpha value is -1.06. The van der Waals surface area contributed by atoms with Crippen LogP contribution in [-0.2, 0) is 19.6 Å². The Morgan fingerprint density at radius 2 is 1.55 bits per heavy atom. The molecule has 6 heteroatoms. The van der Waals surface area contributed by atoms with Gasteiger partial charge in [-0.2, -0.15) is 4.31 Å². The SMILES string of the molecule is C#CC(=O)O[C@H]1C[C@@H]2CC[C@@]1(CS(=O)(=O)N(C1CCCCC1)C1CCCCC1)C2(C)C. The molecule has 4 saturated carbocycles. The molecule has 4 aliphatic rings. The van der Waals surface area contributed by atoms with Crippen LogP contribution in [0.1, 0.15) is 97.3 Å². The zero-order valence-corrected chi connectivity index (χ0v) is 20.1. The smallest absolute Gasteiger partial charge is 0.384 e. The number of sulfonamides is 1. The van der Waals surface area contributed by atoms with Crippen molar-refractivity contribution in [1.82, 2.24) is 4.31 Å². The van der Waals surface area contributed by atoms with Crippen LogP contribution in [0.4, 0.5) is 0 Å². The molecule has 5 nitrogen and oxygen atoms in total. The van der Waals surface area contributed by atoms with Crippen molar-refractivity contribution in [2.45, 2.75) is 116 Å². The summed E-state index contributed by atoms with van der Waals surface area (Å²) in [4.78, 5) is 12.0. The van der Waals surface area contributed by atoms with E-state index in [1.807, 2.05) is 4.31 Å². The van der Waals surface area contributed by atoms with Crippen molar-refractivity contribution in [3.8, 4) is 12.3 Å². The monoisotopic (exact) mass is 449 g/mol.